The van der Waals surface area contributed by atoms with E-state index >= 15 is 0 Å². The summed E-state index contributed by atoms with van der Waals surface area (Å²) in [6.45, 7) is 5.47. The van der Waals surface area contributed by atoms with Crippen molar-refractivity contribution in [2.45, 2.75) is 51.5 Å². The van der Waals surface area contributed by atoms with E-state index in [4.69, 9.17) is 9.72 Å². The number of pyridine rings is 1. The molecule has 0 fully saturated rings. The highest BCUT2D eigenvalue weighted by Crippen LogP contribution is 2.25. The number of nitrogens with one attached hydrogen (secondary N) is 2. The van der Waals surface area contributed by atoms with E-state index in [9.17, 15) is 10.0 Å². The van der Waals surface area contributed by atoms with Gasteiger partial charge in [-0.05, 0) is 74.9 Å². The van der Waals surface area contributed by atoms with Crippen LogP contribution in [0, 0.1) is 0 Å². The standard InChI is InChI=1S/C35H42N6O3/c1-27(42)33(39-35-32(25-36-26-41(35)43)28-11-4-2-5-12-28)19-22-40(23-24-44-31-15-6-3-7-16-31)21-9-8-14-30-18-17-29-13-10-20-37-34(29)38-30/h2-7,11-12,15-18,25-26,33,43H,8-10,13-14,19-24H2,1H3,(H,37,38)/p+1/t33-/m0/s1. The Bertz CT molecular complexity index is 1480. The molecule has 3 N–H and O–H groups in total. The maximum atomic E-state index is 12.8. The largest absolute Gasteiger partial charge is 0.492 e. The maximum Gasteiger partial charge on any atom is 0.271 e. The zero-order chi connectivity index (χ0) is 30.6. The highest BCUT2D eigenvalue weighted by molar-refractivity contribution is 5.85. The van der Waals surface area contributed by atoms with Crippen molar-refractivity contribution >= 4 is 17.4 Å². The van der Waals surface area contributed by atoms with E-state index in [-0.39, 0.29) is 5.78 Å². The SMILES string of the molecule is CC(=O)[C@H](CCN(CCCCc1ccc2c(n1)NCCC2)CCOc1ccccc1)Nc1c(-c2ccccc2)cnc[n+]1O. The van der Waals surface area contributed by atoms with Gasteiger partial charge < -0.3 is 15.3 Å². The number of ether oxygens (including phenoxy) is 1. The zero-order valence-electron chi connectivity index (χ0n) is 25.5. The topological polar surface area (TPSA) is 103 Å². The number of carbonyl (C=O) groups is 1. The lowest BCUT2D eigenvalue weighted by Crippen LogP contribution is -2.41. The molecule has 5 rings (SSSR count). The Morgan fingerprint density at radius 2 is 1.84 bits per heavy atom. The molecule has 0 saturated heterocycles. The van der Waals surface area contributed by atoms with Crippen molar-refractivity contribution in [1.82, 2.24) is 14.9 Å². The molecule has 0 aliphatic carbocycles. The van der Waals surface area contributed by atoms with Crippen molar-refractivity contribution < 1.29 is 19.5 Å². The summed E-state index contributed by atoms with van der Waals surface area (Å²) in [4.78, 5) is 24.2. The molecule has 9 heteroatoms. The molecule has 44 heavy (non-hydrogen) atoms. The molecule has 1 atom stereocenters. The van der Waals surface area contributed by atoms with Crippen LogP contribution in [0.3, 0.4) is 0 Å². The van der Waals surface area contributed by atoms with Crippen molar-refractivity contribution in [2.75, 3.05) is 43.4 Å². The van der Waals surface area contributed by atoms with E-state index < -0.39 is 6.04 Å². The van der Waals surface area contributed by atoms with Crippen LogP contribution >= 0.6 is 0 Å². The molecule has 9 nitrogen and oxygen atoms in total. The fourth-order valence-corrected chi connectivity index (χ4v) is 5.53. The van der Waals surface area contributed by atoms with Crippen LogP contribution in [0.1, 0.15) is 43.9 Å². The number of unbranched alkanes of at least 4 members (excludes halogenated alkanes) is 1. The zero-order valence-corrected chi connectivity index (χ0v) is 25.5. The third-order valence-electron chi connectivity index (χ3n) is 8.01. The van der Waals surface area contributed by atoms with Gasteiger partial charge in [0.05, 0.1) is 5.56 Å². The molecule has 0 spiro atoms. The van der Waals surface area contributed by atoms with Gasteiger partial charge >= 0.3 is 0 Å². The molecule has 0 radical (unpaired) electrons. The molecular formula is C35H43N6O3+. The summed E-state index contributed by atoms with van der Waals surface area (Å²) >= 11 is 0. The number of Topliss-reactive ketones (excluding diaryl/α,β-unsaturated/α-hetero) is 1. The molecule has 4 aromatic rings. The van der Waals surface area contributed by atoms with E-state index in [1.54, 1.807) is 13.1 Å². The Morgan fingerprint density at radius 1 is 1.05 bits per heavy atom. The van der Waals surface area contributed by atoms with Crippen LogP contribution in [0.2, 0.25) is 0 Å². The van der Waals surface area contributed by atoms with Crippen LogP contribution in [0.4, 0.5) is 11.6 Å². The van der Waals surface area contributed by atoms with Crippen LogP contribution in [-0.4, -0.2) is 64.7 Å². The molecule has 1 aliphatic heterocycles. The average Bonchev–Trinajstić information content (AvgIpc) is 3.05. The van der Waals surface area contributed by atoms with Gasteiger partial charge in [-0.2, -0.15) is 0 Å². The van der Waals surface area contributed by atoms with Crippen LogP contribution in [0.25, 0.3) is 11.1 Å². The first-order valence-electron chi connectivity index (χ1n) is 15.6. The predicted molar refractivity (Wildman–Crippen MR) is 172 cm³/mol. The van der Waals surface area contributed by atoms with Gasteiger partial charge in [0.15, 0.2) is 5.78 Å². The molecule has 0 unspecified atom stereocenters. The van der Waals surface area contributed by atoms with Gasteiger partial charge in [-0.25, -0.2) is 4.98 Å². The third-order valence-corrected chi connectivity index (χ3v) is 8.01. The number of hydrogen-bond donors (Lipinski definition) is 3. The highest BCUT2D eigenvalue weighted by atomic mass is 16.5. The number of para-hydroxylation sites is 1. The Kier molecular flexibility index (Phi) is 11.1. The molecule has 0 bridgehead atoms. The Labute approximate surface area is 259 Å². The van der Waals surface area contributed by atoms with Gasteiger partial charge in [-0.15, -0.1) is 4.98 Å². The molecule has 0 saturated carbocycles. The molecule has 230 valence electrons. The molecule has 3 heterocycles. The summed E-state index contributed by atoms with van der Waals surface area (Å²) in [6, 6.07) is 23.5. The first-order chi connectivity index (χ1) is 21.6. The number of hydrogen-bond acceptors (Lipinski definition) is 8. The molecule has 2 aromatic heterocycles. The Morgan fingerprint density at radius 3 is 2.64 bits per heavy atom. The van der Waals surface area contributed by atoms with E-state index in [1.165, 1.54) is 11.9 Å². The van der Waals surface area contributed by atoms with Gasteiger partial charge in [0, 0.05) is 31.7 Å². The normalized spacial score (nSPS) is 13.1. The number of anilines is 2. The number of benzene rings is 2. The number of carbonyl (C=O) groups excluding carboxylic acids is 1. The Balaban J connectivity index is 1.20. The lowest BCUT2D eigenvalue weighted by Gasteiger charge is -2.24. The molecule has 1 aliphatic rings. The fraction of sp³-hybridized carbons (Fsp3) is 0.371. The van der Waals surface area contributed by atoms with Gasteiger partial charge in [-0.1, -0.05) is 59.3 Å². The number of fused-ring (bicyclic) bond motifs is 1. The summed E-state index contributed by atoms with van der Waals surface area (Å²) < 4.78 is 6.96. The number of rotatable bonds is 16. The van der Waals surface area contributed by atoms with Gasteiger partial charge in [0.25, 0.3) is 12.1 Å². The fourth-order valence-electron chi connectivity index (χ4n) is 5.53. The van der Waals surface area contributed by atoms with Crippen LogP contribution in [0.15, 0.2) is 85.3 Å². The second kappa shape index (κ2) is 15.8. The summed E-state index contributed by atoms with van der Waals surface area (Å²) in [6.07, 6.45) is 8.83. The van der Waals surface area contributed by atoms with E-state index in [0.29, 0.717) is 25.4 Å². The van der Waals surface area contributed by atoms with Crippen LogP contribution in [-0.2, 0) is 17.6 Å². The minimum atomic E-state index is -0.483. The number of nitrogens with zero attached hydrogens (tertiary/aromatic N) is 4. The number of aryl methyl sites for hydroxylation is 2. The van der Waals surface area contributed by atoms with Gasteiger partial charge in [-0.3, -0.25) is 15.0 Å². The lowest BCUT2D eigenvalue weighted by atomic mass is 10.1. The van der Waals surface area contributed by atoms with Crippen LogP contribution in [0.5, 0.6) is 5.75 Å². The first kappa shape index (κ1) is 30.9. The summed E-state index contributed by atoms with van der Waals surface area (Å²) in [5, 5.41) is 17.4. The maximum absolute atomic E-state index is 12.8. The van der Waals surface area contributed by atoms with E-state index in [2.05, 4.69) is 32.7 Å². The smallest absolute Gasteiger partial charge is 0.271 e. The van der Waals surface area contributed by atoms with Gasteiger partial charge in [0.2, 0.25) is 0 Å². The second-order valence-electron chi connectivity index (χ2n) is 11.3. The van der Waals surface area contributed by atoms with E-state index in [1.807, 2.05) is 60.7 Å². The first-order valence-corrected chi connectivity index (χ1v) is 15.6. The molecule has 0 amide bonds. The monoisotopic (exact) mass is 595 g/mol. The average molecular weight is 596 g/mol. The minimum absolute atomic E-state index is 0.00778. The number of ketones is 1. The van der Waals surface area contributed by atoms with Crippen molar-refractivity contribution in [2.24, 2.45) is 0 Å². The summed E-state index contributed by atoms with van der Waals surface area (Å²) in [7, 11) is 0. The van der Waals surface area contributed by atoms with Crippen molar-refractivity contribution in [3.05, 3.63) is 96.6 Å². The lowest BCUT2D eigenvalue weighted by molar-refractivity contribution is -0.895. The van der Waals surface area contributed by atoms with E-state index in [0.717, 1.165) is 84.9 Å². The van der Waals surface area contributed by atoms with Crippen molar-refractivity contribution in [3.8, 4) is 16.9 Å². The third kappa shape index (κ3) is 8.76. The summed E-state index contributed by atoms with van der Waals surface area (Å²) in [5.41, 5.74) is 4.06. The van der Waals surface area contributed by atoms with Crippen molar-refractivity contribution in [1.29, 1.82) is 0 Å². The van der Waals surface area contributed by atoms with Gasteiger partial charge in [0.1, 0.15) is 30.4 Å². The summed E-state index contributed by atoms with van der Waals surface area (Å²) in [5.74, 6) is 2.34. The predicted octanol–water partition coefficient (Wildman–Crippen LogP) is 5.19. The Hall–Kier alpha value is -4.50. The quantitative estimate of drug-likeness (QED) is 0.0924. The van der Waals surface area contributed by atoms with Crippen molar-refractivity contribution in [3.63, 3.8) is 0 Å². The molecular weight excluding hydrogens is 552 g/mol. The minimum Gasteiger partial charge on any atom is -0.492 e. The number of aromatic nitrogens is 3. The highest BCUT2D eigenvalue weighted by Gasteiger charge is 2.25. The second-order valence-corrected chi connectivity index (χ2v) is 11.3. The van der Waals surface area contributed by atoms with Crippen LogP contribution < -0.4 is 20.1 Å². The molecule has 2 aromatic carbocycles.